The molecule has 0 saturated carbocycles. The Labute approximate surface area is 147 Å². The molecule has 1 heterocycles. The van der Waals surface area contributed by atoms with E-state index in [2.05, 4.69) is 4.90 Å². The summed E-state index contributed by atoms with van der Waals surface area (Å²) < 4.78 is 24.9. The van der Waals surface area contributed by atoms with E-state index in [0.29, 0.717) is 18.7 Å². The molecule has 134 valence electrons. The lowest BCUT2D eigenvalue weighted by Crippen LogP contribution is -2.43. The summed E-state index contributed by atoms with van der Waals surface area (Å²) in [5.41, 5.74) is 2.62. The summed E-state index contributed by atoms with van der Waals surface area (Å²) in [6.45, 7) is 5.50. The lowest BCUT2D eigenvalue weighted by atomic mass is 10.1. The molecule has 2 aromatic rings. The van der Waals surface area contributed by atoms with Gasteiger partial charge in [0.15, 0.2) is 0 Å². The highest BCUT2D eigenvalue weighted by molar-refractivity contribution is 5.61. The molecule has 0 saturated heterocycles. The van der Waals surface area contributed by atoms with Crippen LogP contribution in [-0.2, 0) is 11.3 Å². The number of rotatable bonds is 6. The molecule has 0 unspecified atom stereocenters. The zero-order valence-corrected chi connectivity index (χ0v) is 14.6. The number of ether oxygens (including phenoxy) is 2. The monoisotopic (exact) mass is 345 g/mol. The van der Waals surface area contributed by atoms with Gasteiger partial charge in [0.2, 0.25) is 0 Å². The second kappa shape index (κ2) is 7.85. The largest absolute Gasteiger partial charge is 0.487 e. The van der Waals surface area contributed by atoms with Gasteiger partial charge < -0.3 is 19.5 Å². The number of benzene rings is 2. The average Bonchev–Trinajstić information content (AvgIpc) is 2.56. The third-order valence-electron chi connectivity index (χ3n) is 4.22. The SMILES string of the molecule is Cc1ccc2c(c1)O[C@@H](C)CN2C[C@H](O)COCc1ccccc1F. The van der Waals surface area contributed by atoms with Crippen molar-refractivity contribution in [3.05, 3.63) is 59.4 Å². The van der Waals surface area contributed by atoms with Gasteiger partial charge in [0.25, 0.3) is 0 Å². The van der Waals surface area contributed by atoms with Crippen molar-refractivity contribution in [2.75, 3.05) is 24.6 Å². The molecule has 0 aliphatic carbocycles. The summed E-state index contributed by atoms with van der Waals surface area (Å²) in [5, 5.41) is 10.3. The molecule has 1 N–H and O–H groups in total. The van der Waals surface area contributed by atoms with Gasteiger partial charge in [-0.25, -0.2) is 4.39 Å². The highest BCUT2D eigenvalue weighted by Gasteiger charge is 2.24. The zero-order valence-electron chi connectivity index (χ0n) is 14.6. The zero-order chi connectivity index (χ0) is 17.8. The summed E-state index contributed by atoms with van der Waals surface area (Å²) in [5.74, 6) is 0.557. The lowest BCUT2D eigenvalue weighted by Gasteiger charge is -2.36. The second-order valence-corrected chi connectivity index (χ2v) is 6.56. The predicted molar refractivity (Wildman–Crippen MR) is 95.5 cm³/mol. The van der Waals surface area contributed by atoms with E-state index in [1.165, 1.54) is 6.07 Å². The molecule has 0 spiro atoms. The van der Waals surface area contributed by atoms with Crippen LogP contribution >= 0.6 is 0 Å². The number of nitrogens with zero attached hydrogens (tertiary/aromatic N) is 1. The van der Waals surface area contributed by atoms with Gasteiger partial charge in [0.1, 0.15) is 17.7 Å². The first-order valence-corrected chi connectivity index (χ1v) is 8.54. The minimum absolute atomic E-state index is 0.0563. The van der Waals surface area contributed by atoms with Crippen LogP contribution in [0.1, 0.15) is 18.1 Å². The number of hydrogen-bond donors (Lipinski definition) is 1. The Morgan fingerprint density at radius 2 is 2.12 bits per heavy atom. The van der Waals surface area contributed by atoms with Crippen LogP contribution in [0.3, 0.4) is 0 Å². The van der Waals surface area contributed by atoms with Crippen LogP contribution in [0.5, 0.6) is 5.75 Å². The number of aliphatic hydroxyl groups excluding tert-OH is 1. The van der Waals surface area contributed by atoms with E-state index in [0.717, 1.165) is 17.0 Å². The molecular weight excluding hydrogens is 321 g/mol. The molecule has 2 atom stereocenters. The highest BCUT2D eigenvalue weighted by atomic mass is 19.1. The number of aliphatic hydroxyl groups is 1. The van der Waals surface area contributed by atoms with Crippen molar-refractivity contribution < 1.29 is 19.0 Å². The molecule has 0 aromatic heterocycles. The Kier molecular flexibility index (Phi) is 5.56. The third-order valence-corrected chi connectivity index (χ3v) is 4.22. The van der Waals surface area contributed by atoms with Crippen LogP contribution < -0.4 is 9.64 Å². The normalized spacial score (nSPS) is 17.8. The van der Waals surface area contributed by atoms with Crippen LogP contribution in [0.4, 0.5) is 10.1 Å². The van der Waals surface area contributed by atoms with Gasteiger partial charge in [0.05, 0.1) is 31.5 Å². The number of aryl methyl sites for hydroxylation is 1. The van der Waals surface area contributed by atoms with Crippen LogP contribution in [0.2, 0.25) is 0 Å². The third kappa shape index (κ3) is 4.50. The first kappa shape index (κ1) is 17.7. The molecule has 3 rings (SSSR count). The molecule has 0 radical (unpaired) electrons. The van der Waals surface area contributed by atoms with E-state index >= 15 is 0 Å². The molecule has 0 fully saturated rings. The number of halogens is 1. The van der Waals surface area contributed by atoms with Crippen LogP contribution in [0, 0.1) is 12.7 Å². The van der Waals surface area contributed by atoms with E-state index in [4.69, 9.17) is 9.47 Å². The minimum Gasteiger partial charge on any atom is -0.487 e. The van der Waals surface area contributed by atoms with Crippen molar-refractivity contribution in [2.45, 2.75) is 32.7 Å². The van der Waals surface area contributed by atoms with Crippen molar-refractivity contribution in [1.29, 1.82) is 0 Å². The Balaban J connectivity index is 1.56. The Hall–Kier alpha value is -2.11. The topological polar surface area (TPSA) is 41.9 Å². The first-order chi connectivity index (χ1) is 12.0. The molecule has 5 heteroatoms. The van der Waals surface area contributed by atoms with Gasteiger partial charge in [-0.05, 0) is 37.6 Å². The van der Waals surface area contributed by atoms with Gasteiger partial charge in [-0.2, -0.15) is 0 Å². The van der Waals surface area contributed by atoms with Gasteiger partial charge in [0, 0.05) is 12.1 Å². The van der Waals surface area contributed by atoms with Crippen molar-refractivity contribution >= 4 is 5.69 Å². The second-order valence-electron chi connectivity index (χ2n) is 6.56. The van der Waals surface area contributed by atoms with E-state index in [-0.39, 0.29) is 25.1 Å². The van der Waals surface area contributed by atoms with Crippen molar-refractivity contribution in [1.82, 2.24) is 0 Å². The molecule has 2 aromatic carbocycles. The highest BCUT2D eigenvalue weighted by Crippen LogP contribution is 2.34. The number of anilines is 1. The lowest BCUT2D eigenvalue weighted by molar-refractivity contribution is 0.0297. The van der Waals surface area contributed by atoms with E-state index < -0.39 is 6.10 Å². The predicted octanol–water partition coefficient (Wildman–Crippen LogP) is 3.30. The fourth-order valence-electron chi connectivity index (χ4n) is 3.04. The van der Waals surface area contributed by atoms with Crippen molar-refractivity contribution in [2.24, 2.45) is 0 Å². The minimum atomic E-state index is -0.661. The van der Waals surface area contributed by atoms with Crippen molar-refractivity contribution in [3.63, 3.8) is 0 Å². The fraction of sp³-hybridized carbons (Fsp3) is 0.400. The smallest absolute Gasteiger partial charge is 0.143 e. The average molecular weight is 345 g/mol. The Bertz CT molecular complexity index is 722. The summed E-state index contributed by atoms with van der Waals surface area (Å²) in [4.78, 5) is 2.11. The number of fused-ring (bicyclic) bond motifs is 1. The molecule has 25 heavy (non-hydrogen) atoms. The quantitative estimate of drug-likeness (QED) is 0.872. The Morgan fingerprint density at radius 3 is 2.92 bits per heavy atom. The number of hydrogen-bond acceptors (Lipinski definition) is 4. The first-order valence-electron chi connectivity index (χ1n) is 8.54. The molecular formula is C20H24FNO3. The molecule has 1 aliphatic rings. The van der Waals surface area contributed by atoms with E-state index in [1.54, 1.807) is 18.2 Å². The summed E-state index contributed by atoms with van der Waals surface area (Å²) in [6.07, 6.45) is -0.605. The van der Waals surface area contributed by atoms with E-state index in [1.807, 2.05) is 32.0 Å². The standard InChI is InChI=1S/C20H24FNO3/c1-14-7-8-19-20(9-14)25-15(2)10-22(19)11-17(23)13-24-12-16-5-3-4-6-18(16)21/h3-9,15,17,23H,10-13H2,1-2H3/t15-,17-/m0/s1. The molecule has 0 bridgehead atoms. The van der Waals surface area contributed by atoms with Crippen molar-refractivity contribution in [3.8, 4) is 5.75 Å². The molecule has 4 nitrogen and oxygen atoms in total. The maximum absolute atomic E-state index is 13.6. The van der Waals surface area contributed by atoms with Gasteiger partial charge >= 0.3 is 0 Å². The summed E-state index contributed by atoms with van der Waals surface area (Å²) in [6, 6.07) is 12.6. The number of β-amino-alcohol motifs (C(OH)–C–C–N with tert-alkyl or cyclic N) is 1. The summed E-state index contributed by atoms with van der Waals surface area (Å²) in [7, 11) is 0. The molecule has 0 amide bonds. The van der Waals surface area contributed by atoms with Crippen LogP contribution in [-0.4, -0.2) is 37.0 Å². The van der Waals surface area contributed by atoms with E-state index in [9.17, 15) is 9.50 Å². The summed E-state index contributed by atoms with van der Waals surface area (Å²) >= 11 is 0. The van der Waals surface area contributed by atoms with Crippen LogP contribution in [0.25, 0.3) is 0 Å². The van der Waals surface area contributed by atoms with Crippen LogP contribution in [0.15, 0.2) is 42.5 Å². The maximum Gasteiger partial charge on any atom is 0.143 e. The fourth-order valence-corrected chi connectivity index (χ4v) is 3.04. The Morgan fingerprint density at radius 1 is 1.32 bits per heavy atom. The van der Waals surface area contributed by atoms with Gasteiger partial charge in [-0.1, -0.05) is 24.3 Å². The van der Waals surface area contributed by atoms with Gasteiger partial charge in [-0.15, -0.1) is 0 Å². The van der Waals surface area contributed by atoms with Gasteiger partial charge in [-0.3, -0.25) is 0 Å². The maximum atomic E-state index is 13.6. The molecule has 1 aliphatic heterocycles.